The van der Waals surface area contributed by atoms with Gasteiger partial charge in [-0.25, -0.2) is 4.98 Å². The monoisotopic (exact) mass is 398 g/mol. The molecule has 3 aromatic heterocycles. The van der Waals surface area contributed by atoms with Crippen molar-refractivity contribution in [1.82, 2.24) is 19.9 Å². The summed E-state index contributed by atoms with van der Waals surface area (Å²) in [6.07, 6.45) is 6.58. The van der Waals surface area contributed by atoms with Crippen LogP contribution < -0.4 is 15.4 Å². The lowest BCUT2D eigenvalue weighted by Crippen LogP contribution is -2.08. The Morgan fingerprint density at radius 1 is 1.00 bits per heavy atom. The second-order valence-electron chi connectivity index (χ2n) is 7.07. The van der Waals surface area contributed by atoms with E-state index in [4.69, 9.17) is 4.74 Å². The molecule has 0 aliphatic heterocycles. The lowest BCUT2D eigenvalue weighted by molar-refractivity contribution is 0.415. The number of H-pyrrole nitrogens is 2. The first-order chi connectivity index (χ1) is 14.8. The number of benzene rings is 2. The van der Waals surface area contributed by atoms with E-state index in [1.165, 1.54) is 10.9 Å². The summed E-state index contributed by atoms with van der Waals surface area (Å²) in [7, 11) is 1.68. The highest BCUT2D eigenvalue weighted by Gasteiger charge is 2.06. The van der Waals surface area contributed by atoms with Crippen molar-refractivity contribution in [3.63, 3.8) is 0 Å². The summed E-state index contributed by atoms with van der Waals surface area (Å²) < 4.78 is 5.34. The highest BCUT2D eigenvalue weighted by molar-refractivity contribution is 5.85. The maximum absolute atomic E-state index is 5.34. The Morgan fingerprint density at radius 3 is 2.87 bits per heavy atom. The molecule has 3 heterocycles. The fourth-order valence-corrected chi connectivity index (χ4v) is 3.59. The van der Waals surface area contributed by atoms with Crippen molar-refractivity contribution in [1.29, 1.82) is 0 Å². The number of aromatic nitrogens is 4. The van der Waals surface area contributed by atoms with Gasteiger partial charge in [0.05, 0.1) is 7.11 Å². The van der Waals surface area contributed by atoms with Crippen molar-refractivity contribution in [3.05, 3.63) is 72.7 Å². The predicted molar refractivity (Wildman–Crippen MR) is 121 cm³/mol. The van der Waals surface area contributed by atoms with E-state index in [9.17, 15) is 0 Å². The third-order valence-electron chi connectivity index (χ3n) is 5.13. The molecule has 4 N–H and O–H groups in total. The lowest BCUT2D eigenvalue weighted by Gasteiger charge is -2.09. The molecule has 0 aliphatic carbocycles. The van der Waals surface area contributed by atoms with Crippen LogP contribution >= 0.6 is 0 Å². The highest BCUT2D eigenvalue weighted by atomic mass is 16.5. The van der Waals surface area contributed by atoms with Crippen LogP contribution in [0.5, 0.6) is 5.75 Å². The third kappa shape index (κ3) is 3.65. The molecule has 0 saturated heterocycles. The molecule has 7 nitrogen and oxygen atoms in total. The van der Waals surface area contributed by atoms with Crippen molar-refractivity contribution in [2.75, 3.05) is 24.3 Å². The molecule has 150 valence electrons. The van der Waals surface area contributed by atoms with Crippen LogP contribution in [0.3, 0.4) is 0 Å². The van der Waals surface area contributed by atoms with Crippen molar-refractivity contribution >= 4 is 39.3 Å². The summed E-state index contributed by atoms with van der Waals surface area (Å²) in [4.78, 5) is 15.4. The second kappa shape index (κ2) is 7.79. The molecule has 0 fully saturated rings. The summed E-state index contributed by atoms with van der Waals surface area (Å²) in [5.41, 5.74) is 4.43. The zero-order chi connectivity index (χ0) is 20.3. The van der Waals surface area contributed by atoms with Gasteiger partial charge in [0.1, 0.15) is 11.6 Å². The number of nitrogens with one attached hydrogen (secondary N) is 4. The Hall–Kier alpha value is -4.00. The van der Waals surface area contributed by atoms with Crippen molar-refractivity contribution in [3.8, 4) is 5.75 Å². The van der Waals surface area contributed by atoms with E-state index < -0.39 is 0 Å². The first-order valence-corrected chi connectivity index (χ1v) is 9.83. The fourth-order valence-electron chi connectivity index (χ4n) is 3.59. The number of anilines is 3. The van der Waals surface area contributed by atoms with E-state index >= 15 is 0 Å². The smallest absolute Gasteiger partial charge is 0.224 e. The van der Waals surface area contributed by atoms with Crippen LogP contribution in [0.15, 0.2) is 67.1 Å². The zero-order valence-electron chi connectivity index (χ0n) is 16.6. The topological polar surface area (TPSA) is 90.6 Å². The SMILES string of the molecule is COc1ccc2[nH]cc(CCNc3nccc(Nc4ccc5[nH]ccc5c4)n3)c2c1. The Balaban J connectivity index is 1.25. The van der Waals surface area contributed by atoms with Crippen LogP contribution in [-0.2, 0) is 6.42 Å². The van der Waals surface area contributed by atoms with Crippen LogP contribution in [0.25, 0.3) is 21.8 Å². The maximum Gasteiger partial charge on any atom is 0.224 e. The average Bonchev–Trinajstić information content (AvgIpc) is 3.40. The number of fused-ring (bicyclic) bond motifs is 2. The van der Waals surface area contributed by atoms with Crippen LogP contribution in [0.1, 0.15) is 5.56 Å². The minimum atomic E-state index is 0.597. The quantitative estimate of drug-likeness (QED) is 0.315. The van der Waals surface area contributed by atoms with Crippen LogP contribution in [0.4, 0.5) is 17.5 Å². The summed E-state index contributed by atoms with van der Waals surface area (Å²) in [6.45, 7) is 0.725. The van der Waals surface area contributed by atoms with E-state index in [1.807, 2.05) is 48.8 Å². The minimum Gasteiger partial charge on any atom is -0.497 e. The summed E-state index contributed by atoms with van der Waals surface area (Å²) >= 11 is 0. The summed E-state index contributed by atoms with van der Waals surface area (Å²) in [5, 5.41) is 8.99. The molecule has 7 heteroatoms. The predicted octanol–water partition coefficient (Wildman–Crippen LogP) is 4.85. The molecule has 5 rings (SSSR count). The molecular weight excluding hydrogens is 376 g/mol. The molecular formula is C23H22N6O. The van der Waals surface area contributed by atoms with Gasteiger partial charge in [-0.3, -0.25) is 0 Å². The first kappa shape index (κ1) is 18.1. The number of aromatic amines is 2. The number of hydrogen-bond acceptors (Lipinski definition) is 5. The first-order valence-electron chi connectivity index (χ1n) is 9.83. The summed E-state index contributed by atoms with van der Waals surface area (Å²) in [5.74, 6) is 2.20. The van der Waals surface area contributed by atoms with Gasteiger partial charge in [-0.2, -0.15) is 4.98 Å². The maximum atomic E-state index is 5.34. The van der Waals surface area contributed by atoms with Gasteiger partial charge >= 0.3 is 0 Å². The number of nitrogens with zero attached hydrogens (tertiary/aromatic N) is 2. The van der Waals surface area contributed by atoms with Gasteiger partial charge in [0.2, 0.25) is 5.95 Å². The lowest BCUT2D eigenvalue weighted by atomic mass is 10.1. The van der Waals surface area contributed by atoms with E-state index in [1.54, 1.807) is 13.3 Å². The average molecular weight is 398 g/mol. The van der Waals surface area contributed by atoms with Crippen molar-refractivity contribution in [2.24, 2.45) is 0 Å². The van der Waals surface area contributed by atoms with Crippen molar-refractivity contribution in [2.45, 2.75) is 6.42 Å². The molecule has 0 saturated carbocycles. The van der Waals surface area contributed by atoms with Gasteiger partial charge in [-0.15, -0.1) is 0 Å². The van der Waals surface area contributed by atoms with E-state index in [0.29, 0.717) is 5.95 Å². The molecule has 0 bridgehead atoms. The van der Waals surface area contributed by atoms with Gasteiger partial charge in [0, 0.05) is 52.6 Å². The van der Waals surface area contributed by atoms with Crippen LogP contribution in [-0.4, -0.2) is 33.6 Å². The second-order valence-corrected chi connectivity index (χ2v) is 7.07. The number of hydrogen-bond donors (Lipinski definition) is 4. The van der Waals surface area contributed by atoms with Crippen LogP contribution in [0, 0.1) is 0 Å². The van der Waals surface area contributed by atoms with Gasteiger partial charge < -0.3 is 25.3 Å². The van der Waals surface area contributed by atoms with Gasteiger partial charge in [-0.1, -0.05) is 0 Å². The zero-order valence-corrected chi connectivity index (χ0v) is 16.6. The highest BCUT2D eigenvalue weighted by Crippen LogP contribution is 2.24. The molecule has 0 amide bonds. The van der Waals surface area contributed by atoms with Gasteiger partial charge in [0.25, 0.3) is 0 Å². The molecule has 0 spiro atoms. The Kier molecular flexibility index (Phi) is 4.69. The van der Waals surface area contributed by atoms with E-state index in [2.05, 4.69) is 42.7 Å². The fraction of sp³-hybridized carbons (Fsp3) is 0.130. The summed E-state index contributed by atoms with van der Waals surface area (Å²) in [6, 6.07) is 16.1. The molecule has 0 atom stereocenters. The molecule has 0 unspecified atom stereocenters. The van der Waals surface area contributed by atoms with E-state index in [-0.39, 0.29) is 0 Å². The minimum absolute atomic E-state index is 0.597. The van der Waals surface area contributed by atoms with Gasteiger partial charge in [-0.05, 0) is 60.5 Å². The Morgan fingerprint density at radius 2 is 1.93 bits per heavy atom. The van der Waals surface area contributed by atoms with E-state index in [0.717, 1.165) is 46.6 Å². The number of methoxy groups -OCH3 is 1. The van der Waals surface area contributed by atoms with Crippen molar-refractivity contribution < 1.29 is 4.74 Å². The van der Waals surface area contributed by atoms with Gasteiger partial charge in [0.15, 0.2) is 0 Å². The number of ether oxygens (including phenoxy) is 1. The third-order valence-corrected chi connectivity index (χ3v) is 5.13. The molecule has 2 aromatic carbocycles. The molecule has 30 heavy (non-hydrogen) atoms. The normalized spacial score (nSPS) is 11.1. The standard InChI is InChI=1S/C23H22N6O/c1-30-18-3-5-21-19(13-18)16(14-27-21)7-10-25-23-26-11-8-22(29-23)28-17-2-4-20-15(12-17)6-9-24-20/h2-6,8-9,11-14,24,27H,7,10H2,1H3,(H2,25,26,28,29). The Labute approximate surface area is 173 Å². The Bertz CT molecular complexity index is 1310. The molecule has 0 radical (unpaired) electrons. The largest absolute Gasteiger partial charge is 0.497 e. The molecule has 5 aromatic rings. The number of rotatable bonds is 7. The van der Waals surface area contributed by atoms with Crippen LogP contribution in [0.2, 0.25) is 0 Å². The molecule has 0 aliphatic rings.